The van der Waals surface area contributed by atoms with Crippen LogP contribution in [0.2, 0.25) is 0 Å². The van der Waals surface area contributed by atoms with Gasteiger partial charge in [0.2, 0.25) is 0 Å². The Morgan fingerprint density at radius 1 is 1.08 bits per heavy atom. The van der Waals surface area contributed by atoms with Gasteiger partial charge < -0.3 is 10.2 Å². The Bertz CT molecular complexity index is 733. The summed E-state index contributed by atoms with van der Waals surface area (Å²) >= 11 is 0. The van der Waals surface area contributed by atoms with E-state index in [9.17, 15) is 4.79 Å². The number of likely N-dealkylation sites (tertiary alicyclic amines) is 1. The number of nitrogens with zero attached hydrogens (tertiary/aromatic N) is 2. The summed E-state index contributed by atoms with van der Waals surface area (Å²) in [5.41, 5.74) is 4.23. The third-order valence-corrected chi connectivity index (χ3v) is 5.22. The van der Waals surface area contributed by atoms with Gasteiger partial charge in [-0.25, -0.2) is 0 Å². The van der Waals surface area contributed by atoms with Crippen LogP contribution in [0.15, 0.2) is 48.5 Å². The average Bonchev–Trinajstić information content (AvgIpc) is 3.17. The number of anilines is 1. The second-order valence-corrected chi connectivity index (χ2v) is 7.27. The number of benzene rings is 2. The molecule has 0 spiro atoms. The fourth-order valence-electron chi connectivity index (χ4n) is 3.62. The van der Waals surface area contributed by atoms with Gasteiger partial charge in [-0.1, -0.05) is 30.3 Å². The van der Waals surface area contributed by atoms with Crippen LogP contribution in [0.4, 0.5) is 5.69 Å². The first-order chi connectivity index (χ1) is 12.6. The van der Waals surface area contributed by atoms with Gasteiger partial charge in [0.25, 0.3) is 5.91 Å². The van der Waals surface area contributed by atoms with E-state index in [0.717, 1.165) is 24.2 Å². The van der Waals surface area contributed by atoms with E-state index in [1.807, 2.05) is 31.2 Å². The van der Waals surface area contributed by atoms with Crippen molar-refractivity contribution in [1.82, 2.24) is 10.2 Å². The van der Waals surface area contributed by atoms with Crippen LogP contribution in [0.3, 0.4) is 0 Å². The highest BCUT2D eigenvalue weighted by atomic mass is 16.1. The highest BCUT2D eigenvalue weighted by Crippen LogP contribution is 2.26. The lowest BCUT2D eigenvalue weighted by atomic mass is 10.0. The third-order valence-electron chi connectivity index (χ3n) is 5.22. The summed E-state index contributed by atoms with van der Waals surface area (Å²) in [6, 6.07) is 16.7. The van der Waals surface area contributed by atoms with Crippen molar-refractivity contribution in [3.63, 3.8) is 0 Å². The number of aryl methyl sites for hydroxylation is 1. The molecule has 1 unspecified atom stereocenters. The average molecular weight is 351 g/mol. The van der Waals surface area contributed by atoms with E-state index in [-0.39, 0.29) is 11.9 Å². The summed E-state index contributed by atoms with van der Waals surface area (Å²) in [6.07, 6.45) is 2.47. The van der Waals surface area contributed by atoms with E-state index < -0.39 is 0 Å². The van der Waals surface area contributed by atoms with E-state index in [4.69, 9.17) is 0 Å². The smallest absolute Gasteiger partial charge is 0.251 e. The van der Waals surface area contributed by atoms with Crippen LogP contribution in [-0.2, 0) is 0 Å². The van der Waals surface area contributed by atoms with Gasteiger partial charge in [0.05, 0.1) is 6.04 Å². The molecular formula is C22H29N3O. The van der Waals surface area contributed by atoms with Gasteiger partial charge in [0, 0.05) is 31.9 Å². The van der Waals surface area contributed by atoms with E-state index in [1.165, 1.54) is 24.1 Å². The van der Waals surface area contributed by atoms with Gasteiger partial charge in [0.1, 0.15) is 0 Å². The van der Waals surface area contributed by atoms with E-state index in [2.05, 4.69) is 53.5 Å². The standard InChI is InChI=1S/C22H29N3O/c1-17-8-4-5-9-20(17)22(26)23-16-21(25-14-6-7-15-25)18-10-12-19(13-11-18)24(2)3/h4-5,8-13,21H,6-7,14-16H2,1-3H3,(H,23,26). The Morgan fingerprint density at radius 2 is 1.73 bits per heavy atom. The van der Waals surface area contributed by atoms with Crippen LogP contribution in [0.25, 0.3) is 0 Å². The zero-order chi connectivity index (χ0) is 18.5. The number of amides is 1. The van der Waals surface area contributed by atoms with Crippen molar-refractivity contribution in [2.75, 3.05) is 38.6 Å². The van der Waals surface area contributed by atoms with E-state index in [1.54, 1.807) is 0 Å². The number of hydrogen-bond acceptors (Lipinski definition) is 3. The highest BCUT2D eigenvalue weighted by molar-refractivity contribution is 5.95. The minimum atomic E-state index is 0.0113. The molecule has 1 amide bonds. The molecule has 1 saturated heterocycles. The summed E-state index contributed by atoms with van der Waals surface area (Å²) in [5.74, 6) is 0.0113. The lowest BCUT2D eigenvalue weighted by Gasteiger charge is -2.28. The zero-order valence-electron chi connectivity index (χ0n) is 16.0. The summed E-state index contributed by atoms with van der Waals surface area (Å²) in [5, 5.41) is 3.16. The molecule has 0 aromatic heterocycles. The highest BCUT2D eigenvalue weighted by Gasteiger charge is 2.24. The summed E-state index contributed by atoms with van der Waals surface area (Å²) in [4.78, 5) is 17.2. The molecule has 1 fully saturated rings. The molecule has 2 aromatic carbocycles. The quantitative estimate of drug-likeness (QED) is 0.863. The molecule has 1 N–H and O–H groups in total. The number of rotatable bonds is 6. The molecule has 1 aliphatic rings. The van der Waals surface area contributed by atoms with Crippen LogP contribution in [-0.4, -0.2) is 44.5 Å². The topological polar surface area (TPSA) is 35.6 Å². The van der Waals surface area contributed by atoms with Crippen molar-refractivity contribution < 1.29 is 4.79 Å². The fraction of sp³-hybridized carbons (Fsp3) is 0.409. The van der Waals surface area contributed by atoms with Crippen molar-refractivity contribution in [2.24, 2.45) is 0 Å². The second kappa shape index (κ2) is 8.37. The predicted octanol–water partition coefficient (Wildman–Crippen LogP) is 3.63. The van der Waals surface area contributed by atoms with Crippen LogP contribution >= 0.6 is 0 Å². The molecule has 0 aliphatic carbocycles. The molecule has 0 radical (unpaired) electrons. The lowest BCUT2D eigenvalue weighted by Crippen LogP contribution is -2.37. The van der Waals surface area contributed by atoms with Crippen molar-refractivity contribution >= 4 is 11.6 Å². The maximum atomic E-state index is 12.6. The lowest BCUT2D eigenvalue weighted by molar-refractivity contribution is 0.0937. The molecule has 0 saturated carbocycles. The van der Waals surface area contributed by atoms with Gasteiger partial charge in [-0.15, -0.1) is 0 Å². The number of hydrogen-bond donors (Lipinski definition) is 1. The Balaban J connectivity index is 1.74. The molecule has 4 nitrogen and oxygen atoms in total. The molecule has 1 heterocycles. The Labute approximate surface area is 156 Å². The molecule has 0 bridgehead atoms. The van der Waals surface area contributed by atoms with Crippen molar-refractivity contribution in [3.05, 3.63) is 65.2 Å². The molecule has 4 heteroatoms. The second-order valence-electron chi connectivity index (χ2n) is 7.27. The normalized spacial score (nSPS) is 15.7. The first kappa shape index (κ1) is 18.5. The van der Waals surface area contributed by atoms with Gasteiger partial charge in [0.15, 0.2) is 0 Å². The Morgan fingerprint density at radius 3 is 2.35 bits per heavy atom. The molecule has 1 atom stereocenters. The number of nitrogens with one attached hydrogen (secondary N) is 1. The number of carbonyl (C=O) groups excluding carboxylic acids is 1. The Kier molecular flexibility index (Phi) is 5.94. The summed E-state index contributed by atoms with van der Waals surface area (Å²) in [7, 11) is 4.10. The van der Waals surface area contributed by atoms with E-state index >= 15 is 0 Å². The summed E-state index contributed by atoms with van der Waals surface area (Å²) in [6.45, 7) is 4.81. The third kappa shape index (κ3) is 4.25. The first-order valence-electron chi connectivity index (χ1n) is 9.41. The van der Waals surface area contributed by atoms with Crippen LogP contribution in [0.5, 0.6) is 0 Å². The maximum Gasteiger partial charge on any atom is 0.251 e. The van der Waals surface area contributed by atoms with Crippen LogP contribution in [0.1, 0.15) is 40.4 Å². The van der Waals surface area contributed by atoms with Crippen LogP contribution < -0.4 is 10.2 Å². The molecule has 2 aromatic rings. The minimum Gasteiger partial charge on any atom is -0.378 e. The minimum absolute atomic E-state index is 0.0113. The van der Waals surface area contributed by atoms with Gasteiger partial charge >= 0.3 is 0 Å². The van der Waals surface area contributed by atoms with Crippen molar-refractivity contribution in [2.45, 2.75) is 25.8 Å². The van der Waals surface area contributed by atoms with Gasteiger partial charge in [-0.2, -0.15) is 0 Å². The monoisotopic (exact) mass is 351 g/mol. The molecule has 26 heavy (non-hydrogen) atoms. The van der Waals surface area contributed by atoms with Crippen LogP contribution in [0, 0.1) is 6.92 Å². The predicted molar refractivity (Wildman–Crippen MR) is 108 cm³/mol. The molecule has 3 rings (SSSR count). The molecular weight excluding hydrogens is 322 g/mol. The van der Waals surface area contributed by atoms with Crippen molar-refractivity contribution in [3.8, 4) is 0 Å². The molecule has 138 valence electrons. The zero-order valence-corrected chi connectivity index (χ0v) is 16.0. The molecule has 1 aliphatic heterocycles. The first-order valence-corrected chi connectivity index (χ1v) is 9.41. The number of carbonyl (C=O) groups is 1. The van der Waals surface area contributed by atoms with E-state index in [0.29, 0.717) is 6.54 Å². The van der Waals surface area contributed by atoms with Gasteiger partial charge in [-0.05, 0) is 62.2 Å². The SMILES string of the molecule is Cc1ccccc1C(=O)NCC(c1ccc(N(C)C)cc1)N1CCCC1. The maximum absolute atomic E-state index is 12.6. The fourth-order valence-corrected chi connectivity index (χ4v) is 3.62. The summed E-state index contributed by atoms with van der Waals surface area (Å²) < 4.78 is 0. The van der Waals surface area contributed by atoms with Gasteiger partial charge in [-0.3, -0.25) is 9.69 Å². The Hall–Kier alpha value is -2.33. The van der Waals surface area contributed by atoms with Crippen molar-refractivity contribution in [1.29, 1.82) is 0 Å². The largest absolute Gasteiger partial charge is 0.378 e.